The molecule has 3 N–H and O–H groups in total. The number of amides is 3. The van der Waals surface area contributed by atoms with Gasteiger partial charge >= 0.3 is 79.8 Å². The summed E-state index contributed by atoms with van der Waals surface area (Å²) in [7, 11) is -6.74. The maximum Gasteiger partial charge on any atom is 0.407 e. The van der Waals surface area contributed by atoms with Gasteiger partial charge in [-0.3, -0.25) is 0 Å². The van der Waals surface area contributed by atoms with Crippen LogP contribution in [0.25, 0.3) is 0 Å². The van der Waals surface area contributed by atoms with E-state index in [9.17, 15) is 43.2 Å². The van der Waals surface area contributed by atoms with E-state index in [1.807, 2.05) is 61.2 Å². The average Bonchev–Trinajstić information content (AvgIpc) is 2.05. The van der Waals surface area contributed by atoms with E-state index in [2.05, 4.69) is 55.4 Å². The summed E-state index contributed by atoms with van der Waals surface area (Å²) in [5.74, 6) is -3.60. The molecule has 0 saturated heterocycles. The van der Waals surface area contributed by atoms with Crippen LogP contribution in [0.5, 0.6) is 0 Å². The van der Waals surface area contributed by atoms with Crippen LogP contribution in [0.1, 0.15) is 88.5 Å². The Bertz CT molecular complexity index is 2310. The van der Waals surface area contributed by atoms with E-state index in [0.717, 1.165) is 24.2 Å². The number of hydrogen-bond donors (Lipinski definition) is 3. The van der Waals surface area contributed by atoms with E-state index >= 15 is 0 Å². The first-order chi connectivity index (χ1) is 44.4. The van der Waals surface area contributed by atoms with Crippen LogP contribution >= 0.6 is 0 Å². The summed E-state index contributed by atoms with van der Waals surface area (Å²) in [5, 5.41) is 7.94. The van der Waals surface area contributed by atoms with Gasteiger partial charge in [0.1, 0.15) is 39.6 Å². The minimum Gasteiger partial charge on any atom is -0.460 e. The first kappa shape index (κ1) is 91.6. The molecular weight excluding hydrogens is 1290 g/mol. The highest BCUT2D eigenvalue weighted by Crippen LogP contribution is 2.18. The number of carbonyl (C=O) groups is 9. The second-order valence-corrected chi connectivity index (χ2v) is 30.6. The zero-order valence-electron chi connectivity index (χ0n) is 57.9. The van der Waals surface area contributed by atoms with E-state index in [1.54, 1.807) is 0 Å². The number of carbonyl (C=O) groups excluding carboxylic acids is 9. The molecule has 3 unspecified atom stereocenters. The Morgan fingerprint density at radius 1 is 0.362 bits per heavy atom. The molecule has 0 saturated carbocycles. The first-order valence-corrected chi connectivity index (χ1v) is 38.7. The molecule has 0 aromatic heterocycles. The van der Waals surface area contributed by atoms with Crippen LogP contribution < -0.4 is 16.0 Å². The van der Waals surface area contributed by atoms with E-state index in [0.29, 0.717) is 84.6 Å². The Labute approximate surface area is 559 Å². The van der Waals surface area contributed by atoms with Gasteiger partial charge in [-0.25, -0.2) is 43.2 Å². The number of hydrogen-bond acceptors (Lipinski definition) is 26. The quantitative estimate of drug-likeness (QED) is 0.0172. The number of esters is 6. The van der Waals surface area contributed by atoms with Crippen LogP contribution in [-0.4, -0.2) is 223 Å². The number of nitrogens with one attached hydrogen (secondary N) is 3. The maximum absolute atomic E-state index is 12.2. The van der Waals surface area contributed by atoms with Crippen molar-refractivity contribution < 1.29 is 122 Å². The standard InChI is InChI=1S/C22H39NO9Si.C21H37NO9Si.C19H33NO8Si/c1-8-30-33(7,31-9-2)14-10-11-23-22(26)32-19(16-29-21(25)18(5)6)15-27-12-13-28-20(24)17(3)4;1-7-19(23)27-13-12-26-15-18(16-28-20(24)17(4)5)31-21(25)22-11-10-14-32(6,29-8-2)30-9-3;1-7-17(21)24-13-16(14-25-18(22)15(4)5)28-19(23)20-11-10-12-29(6,26-8-2)27-9-3/h19H,3,5,8-16H2,1-2,4,6-7H3,(H,23,26);7,18H,1,4,8-16H2,2-3,5-6H3,(H,22,25);7,16H,1,4,8-14H2,2-3,5-6H3,(H,20,23). The molecule has 0 aliphatic rings. The first-order valence-electron chi connectivity index (χ1n) is 31.1. The topological polar surface area (TPSA) is 347 Å². The molecule has 32 heteroatoms. The van der Waals surface area contributed by atoms with Gasteiger partial charge in [0, 0.05) is 93.7 Å². The van der Waals surface area contributed by atoms with Crippen LogP contribution in [0, 0.1) is 0 Å². The van der Waals surface area contributed by atoms with Gasteiger partial charge in [0.15, 0.2) is 18.3 Å². The second-order valence-electron chi connectivity index (χ2n) is 20.6. The van der Waals surface area contributed by atoms with E-state index in [4.69, 9.17) is 78.7 Å². The molecule has 0 rings (SSSR count). The monoisotopic (exact) mass is 1400 g/mol. The molecule has 0 aromatic carbocycles. The molecule has 29 nitrogen and oxygen atoms in total. The van der Waals surface area contributed by atoms with Gasteiger partial charge in [-0.15, -0.1) is 0 Å². The lowest BCUT2D eigenvalue weighted by molar-refractivity contribution is -0.147. The highest BCUT2D eigenvalue weighted by molar-refractivity contribution is 6.66. The molecule has 0 aliphatic carbocycles. The summed E-state index contributed by atoms with van der Waals surface area (Å²) >= 11 is 0. The Kier molecular flexibility index (Phi) is 54.2. The zero-order chi connectivity index (χ0) is 72.0. The van der Waals surface area contributed by atoms with Crippen LogP contribution in [0.2, 0.25) is 37.8 Å². The number of alkyl carbamates (subject to hydrolysis) is 3. The minimum absolute atomic E-state index is 0.0115. The summed E-state index contributed by atoms with van der Waals surface area (Å²) in [6.45, 7) is 47.8. The summed E-state index contributed by atoms with van der Waals surface area (Å²) in [4.78, 5) is 105. The zero-order valence-corrected chi connectivity index (χ0v) is 60.9. The van der Waals surface area contributed by atoms with Crippen molar-refractivity contribution in [2.45, 2.75) is 145 Å². The van der Waals surface area contributed by atoms with E-state index in [1.165, 1.54) is 27.7 Å². The third-order valence-corrected chi connectivity index (χ3v) is 20.8. The minimum atomic E-state index is -2.25. The fourth-order valence-electron chi connectivity index (χ4n) is 7.23. The molecule has 0 fully saturated rings. The summed E-state index contributed by atoms with van der Waals surface area (Å²) in [6, 6.07) is 2.16. The molecule has 540 valence electrons. The normalized spacial score (nSPS) is 11.9. The smallest absolute Gasteiger partial charge is 0.407 e. The average molecular weight is 1400 g/mol. The van der Waals surface area contributed by atoms with Crippen molar-refractivity contribution in [3.8, 4) is 0 Å². The molecule has 0 spiro atoms. The highest BCUT2D eigenvalue weighted by Gasteiger charge is 2.32. The lowest BCUT2D eigenvalue weighted by atomic mass is 10.3. The Morgan fingerprint density at radius 3 is 0.872 bits per heavy atom. The van der Waals surface area contributed by atoms with Gasteiger partial charge in [-0.05, 0) is 126 Å². The summed E-state index contributed by atoms with van der Waals surface area (Å²) < 4.78 is 90.8. The summed E-state index contributed by atoms with van der Waals surface area (Å²) in [5.41, 5.74) is 0.931. The number of rotatable bonds is 51. The highest BCUT2D eigenvalue weighted by atomic mass is 28.4. The van der Waals surface area contributed by atoms with Crippen molar-refractivity contribution in [1.29, 1.82) is 0 Å². The fraction of sp³-hybridized carbons (Fsp3) is 0.661. The second kappa shape index (κ2) is 55.7. The molecule has 0 heterocycles. The predicted octanol–water partition coefficient (Wildman–Crippen LogP) is 7.82. The molecule has 0 radical (unpaired) electrons. The maximum atomic E-state index is 12.2. The molecule has 3 amide bonds. The van der Waals surface area contributed by atoms with E-state index in [-0.39, 0.29) is 88.4 Å². The van der Waals surface area contributed by atoms with Crippen molar-refractivity contribution in [2.24, 2.45) is 0 Å². The number of ether oxygens (including phenoxy) is 11. The molecule has 3 atom stereocenters. The molecule has 0 aromatic rings. The summed E-state index contributed by atoms with van der Waals surface area (Å²) in [6.07, 6.45) is -0.707. The molecular formula is C62H109N3O26Si3. The largest absolute Gasteiger partial charge is 0.460 e. The molecule has 0 aliphatic heterocycles. The van der Waals surface area contributed by atoms with Crippen molar-refractivity contribution in [3.63, 3.8) is 0 Å². The van der Waals surface area contributed by atoms with Crippen molar-refractivity contribution >= 4 is 79.8 Å². The Morgan fingerprint density at radius 2 is 0.606 bits per heavy atom. The van der Waals surface area contributed by atoms with Crippen molar-refractivity contribution in [3.05, 3.63) is 73.9 Å². The fourth-order valence-corrected chi connectivity index (χ4v) is 14.5. The van der Waals surface area contributed by atoms with Crippen LogP contribution in [0.15, 0.2) is 73.9 Å². The van der Waals surface area contributed by atoms with Gasteiger partial charge < -0.3 is 94.6 Å². The third-order valence-electron chi connectivity index (χ3n) is 11.6. The third kappa shape index (κ3) is 50.8. The van der Waals surface area contributed by atoms with Crippen LogP contribution in [-0.2, 0) is 107 Å². The van der Waals surface area contributed by atoms with Crippen LogP contribution in [0.4, 0.5) is 14.4 Å². The Balaban J connectivity index is -0.00000132. The molecule has 94 heavy (non-hydrogen) atoms. The van der Waals surface area contributed by atoms with Gasteiger partial charge in [0.05, 0.1) is 26.4 Å². The SMILES string of the molecule is C=C(C)C(=O)OCCOCC(COC(=O)C(=C)C)OC(=O)NCCC[Si](C)(OCC)OCC.C=CC(=O)OCC(COC(=O)C(=C)C)OC(=O)NCCC[Si](C)(OCC)OCC.C=CC(=O)OCCOCC(COC(=O)C(=C)C)OC(=O)NCCC[Si](C)(OCC)OCC. The van der Waals surface area contributed by atoms with Gasteiger partial charge in [0.25, 0.3) is 0 Å². The molecule has 0 bridgehead atoms. The van der Waals surface area contributed by atoms with Crippen molar-refractivity contribution in [2.75, 3.05) is 125 Å². The van der Waals surface area contributed by atoms with Gasteiger partial charge in [-0.1, -0.05) is 39.5 Å². The lowest BCUT2D eigenvalue weighted by Gasteiger charge is -2.26. The van der Waals surface area contributed by atoms with Crippen LogP contribution in [0.3, 0.4) is 0 Å². The van der Waals surface area contributed by atoms with Crippen molar-refractivity contribution in [1.82, 2.24) is 16.0 Å². The predicted molar refractivity (Wildman–Crippen MR) is 355 cm³/mol. The van der Waals surface area contributed by atoms with Gasteiger partial charge in [0.2, 0.25) is 0 Å². The van der Waals surface area contributed by atoms with Gasteiger partial charge in [-0.2, -0.15) is 0 Å². The lowest BCUT2D eigenvalue weighted by Crippen LogP contribution is -2.40. The Hall–Kier alpha value is -6.60. The van der Waals surface area contributed by atoms with E-state index < -0.39 is 98.1 Å².